The Labute approximate surface area is 206 Å². The first-order chi connectivity index (χ1) is 17.1. The predicted octanol–water partition coefficient (Wildman–Crippen LogP) is 4.00. The van der Waals surface area contributed by atoms with E-state index in [2.05, 4.69) is 5.32 Å². The van der Waals surface area contributed by atoms with Crippen LogP contribution in [-0.2, 0) is 20.9 Å². The van der Waals surface area contributed by atoms with Gasteiger partial charge in [0.05, 0.1) is 7.11 Å². The van der Waals surface area contributed by atoms with Gasteiger partial charge < -0.3 is 24.4 Å². The third-order valence-electron chi connectivity index (χ3n) is 5.44. The summed E-state index contributed by atoms with van der Waals surface area (Å²) in [7, 11) is 3.22. The van der Waals surface area contributed by atoms with Gasteiger partial charge in [0.1, 0.15) is 17.5 Å². The summed E-state index contributed by atoms with van der Waals surface area (Å²) in [6, 6.07) is 25.1. The molecule has 2 amide bonds. The molecule has 7 nitrogen and oxygen atoms in total. The number of hydrogen-bond acceptors (Lipinski definition) is 5. The molecule has 3 aromatic rings. The zero-order valence-corrected chi connectivity index (χ0v) is 20.2. The highest BCUT2D eigenvalue weighted by atomic mass is 16.5. The molecule has 0 fully saturated rings. The van der Waals surface area contributed by atoms with Crippen molar-refractivity contribution in [1.82, 2.24) is 10.2 Å². The van der Waals surface area contributed by atoms with Crippen LogP contribution in [-0.4, -0.2) is 50.7 Å². The quantitative estimate of drug-likeness (QED) is 0.378. The first-order valence-corrected chi connectivity index (χ1v) is 11.5. The topological polar surface area (TPSA) is 77.1 Å². The van der Waals surface area contributed by atoms with Gasteiger partial charge in [-0.2, -0.15) is 0 Å². The molecule has 0 aliphatic carbocycles. The molecule has 0 heterocycles. The van der Waals surface area contributed by atoms with E-state index in [1.165, 1.54) is 0 Å². The lowest BCUT2D eigenvalue weighted by Crippen LogP contribution is -2.45. The van der Waals surface area contributed by atoms with Crippen molar-refractivity contribution in [2.45, 2.75) is 19.0 Å². The Morgan fingerprint density at radius 2 is 1.51 bits per heavy atom. The standard InChI is InChI=1S/C28H32N2O5/c1-33-19-9-18-29-28(32)27(23-10-5-3-6-11-23)30(20-22-14-16-24(34-2)17-15-22)26(31)21-35-25-12-7-4-8-13-25/h3-8,10-17,27H,9,18-21H2,1-2H3,(H,29,32). The van der Waals surface area contributed by atoms with Crippen LogP contribution < -0.4 is 14.8 Å². The van der Waals surface area contributed by atoms with Crippen molar-refractivity contribution in [2.75, 3.05) is 34.0 Å². The molecule has 0 aliphatic heterocycles. The van der Waals surface area contributed by atoms with Gasteiger partial charge in [-0.25, -0.2) is 0 Å². The number of benzene rings is 3. The van der Waals surface area contributed by atoms with E-state index in [1.54, 1.807) is 31.3 Å². The lowest BCUT2D eigenvalue weighted by Gasteiger charge is -2.31. The number of ether oxygens (including phenoxy) is 3. The first-order valence-electron chi connectivity index (χ1n) is 11.5. The van der Waals surface area contributed by atoms with Gasteiger partial charge in [0.2, 0.25) is 5.91 Å². The largest absolute Gasteiger partial charge is 0.497 e. The number of amides is 2. The van der Waals surface area contributed by atoms with E-state index in [0.29, 0.717) is 25.3 Å². The Kier molecular flexibility index (Phi) is 10.1. The summed E-state index contributed by atoms with van der Waals surface area (Å²) in [5.74, 6) is 0.750. The summed E-state index contributed by atoms with van der Waals surface area (Å²) in [4.78, 5) is 28.5. The SMILES string of the molecule is COCCCNC(=O)C(c1ccccc1)N(Cc1ccc(OC)cc1)C(=O)COc1ccccc1. The second kappa shape index (κ2) is 13.8. The van der Waals surface area contributed by atoms with E-state index in [4.69, 9.17) is 14.2 Å². The number of carbonyl (C=O) groups excluding carboxylic acids is 2. The van der Waals surface area contributed by atoms with Crippen LogP contribution in [0.25, 0.3) is 0 Å². The molecule has 0 aliphatic rings. The Bertz CT molecular complexity index is 1040. The number of rotatable bonds is 13. The molecule has 7 heteroatoms. The van der Waals surface area contributed by atoms with Crippen LogP contribution in [0.5, 0.6) is 11.5 Å². The van der Waals surface area contributed by atoms with Crippen LogP contribution in [0.2, 0.25) is 0 Å². The summed E-state index contributed by atoms with van der Waals surface area (Å²) in [6.45, 7) is 1.02. The third kappa shape index (κ3) is 7.86. The fraction of sp³-hybridized carbons (Fsp3) is 0.286. The molecule has 0 aromatic heterocycles. The molecule has 0 saturated carbocycles. The highest BCUT2D eigenvalue weighted by Gasteiger charge is 2.31. The van der Waals surface area contributed by atoms with Crippen molar-refractivity contribution in [1.29, 1.82) is 0 Å². The Balaban J connectivity index is 1.88. The zero-order valence-electron chi connectivity index (χ0n) is 20.2. The van der Waals surface area contributed by atoms with Gasteiger partial charge in [-0.1, -0.05) is 60.7 Å². The van der Waals surface area contributed by atoms with Crippen molar-refractivity contribution in [3.63, 3.8) is 0 Å². The normalized spacial score (nSPS) is 11.4. The highest BCUT2D eigenvalue weighted by Crippen LogP contribution is 2.25. The Morgan fingerprint density at radius 1 is 0.857 bits per heavy atom. The molecule has 0 bridgehead atoms. The summed E-state index contributed by atoms with van der Waals surface area (Å²) in [5.41, 5.74) is 1.59. The number of nitrogens with one attached hydrogen (secondary N) is 1. The molecular formula is C28H32N2O5. The number of methoxy groups -OCH3 is 2. The zero-order chi connectivity index (χ0) is 24.9. The van der Waals surface area contributed by atoms with Crippen LogP contribution in [0.3, 0.4) is 0 Å². The predicted molar refractivity (Wildman–Crippen MR) is 134 cm³/mol. The van der Waals surface area contributed by atoms with Crippen LogP contribution in [0, 0.1) is 0 Å². The average Bonchev–Trinajstić information content (AvgIpc) is 2.91. The van der Waals surface area contributed by atoms with E-state index in [9.17, 15) is 9.59 Å². The van der Waals surface area contributed by atoms with Gasteiger partial charge in [-0.05, 0) is 41.8 Å². The Morgan fingerprint density at radius 3 is 2.14 bits per heavy atom. The van der Waals surface area contributed by atoms with Crippen molar-refractivity contribution >= 4 is 11.8 Å². The van der Waals surface area contributed by atoms with E-state index < -0.39 is 6.04 Å². The smallest absolute Gasteiger partial charge is 0.261 e. The van der Waals surface area contributed by atoms with Crippen molar-refractivity contribution in [3.8, 4) is 11.5 Å². The molecule has 184 valence electrons. The lowest BCUT2D eigenvalue weighted by molar-refractivity contribution is -0.143. The minimum Gasteiger partial charge on any atom is -0.497 e. The Hall–Kier alpha value is -3.84. The van der Waals surface area contributed by atoms with Gasteiger partial charge in [-0.15, -0.1) is 0 Å². The molecule has 1 atom stereocenters. The van der Waals surface area contributed by atoms with Crippen LogP contribution in [0.1, 0.15) is 23.6 Å². The maximum Gasteiger partial charge on any atom is 0.261 e. The van der Waals surface area contributed by atoms with Gasteiger partial charge in [-0.3, -0.25) is 9.59 Å². The summed E-state index contributed by atoms with van der Waals surface area (Å²) >= 11 is 0. The fourth-order valence-corrected chi connectivity index (χ4v) is 3.63. The number of hydrogen-bond donors (Lipinski definition) is 1. The molecular weight excluding hydrogens is 444 g/mol. The molecule has 0 saturated heterocycles. The van der Waals surface area contributed by atoms with E-state index >= 15 is 0 Å². The molecule has 3 aromatic carbocycles. The molecule has 1 unspecified atom stereocenters. The summed E-state index contributed by atoms with van der Waals surface area (Å²) < 4.78 is 16.1. The van der Waals surface area contributed by atoms with Gasteiger partial charge in [0.25, 0.3) is 5.91 Å². The molecule has 3 rings (SSSR count). The first kappa shape index (κ1) is 25.8. The average molecular weight is 477 g/mol. The second-order valence-corrected chi connectivity index (χ2v) is 7.92. The minimum atomic E-state index is -0.826. The van der Waals surface area contributed by atoms with Gasteiger partial charge >= 0.3 is 0 Å². The van der Waals surface area contributed by atoms with Crippen molar-refractivity contribution in [2.24, 2.45) is 0 Å². The van der Waals surface area contributed by atoms with E-state index in [-0.39, 0.29) is 25.0 Å². The number of para-hydroxylation sites is 1. The van der Waals surface area contributed by atoms with E-state index in [1.807, 2.05) is 72.8 Å². The minimum absolute atomic E-state index is 0.194. The fourth-order valence-electron chi connectivity index (χ4n) is 3.63. The van der Waals surface area contributed by atoms with Crippen molar-refractivity contribution in [3.05, 3.63) is 96.1 Å². The van der Waals surface area contributed by atoms with Crippen LogP contribution in [0.4, 0.5) is 0 Å². The molecule has 0 spiro atoms. The molecule has 0 radical (unpaired) electrons. The van der Waals surface area contributed by atoms with Gasteiger partial charge in [0.15, 0.2) is 6.61 Å². The maximum atomic E-state index is 13.5. The van der Waals surface area contributed by atoms with Crippen LogP contribution in [0.15, 0.2) is 84.9 Å². The second-order valence-electron chi connectivity index (χ2n) is 7.92. The third-order valence-corrected chi connectivity index (χ3v) is 5.44. The van der Waals surface area contributed by atoms with E-state index in [0.717, 1.165) is 16.9 Å². The molecule has 1 N–H and O–H groups in total. The number of carbonyl (C=O) groups is 2. The maximum absolute atomic E-state index is 13.5. The highest BCUT2D eigenvalue weighted by molar-refractivity contribution is 5.89. The monoisotopic (exact) mass is 476 g/mol. The summed E-state index contributed by atoms with van der Waals surface area (Å²) in [5, 5.41) is 2.96. The summed E-state index contributed by atoms with van der Waals surface area (Å²) in [6.07, 6.45) is 0.674. The molecule has 35 heavy (non-hydrogen) atoms. The van der Waals surface area contributed by atoms with Gasteiger partial charge in [0, 0.05) is 26.8 Å². The van der Waals surface area contributed by atoms with Crippen LogP contribution >= 0.6 is 0 Å². The number of nitrogens with zero attached hydrogens (tertiary/aromatic N) is 1. The van der Waals surface area contributed by atoms with Crippen molar-refractivity contribution < 1.29 is 23.8 Å². The lowest BCUT2D eigenvalue weighted by atomic mass is 10.0.